The number of nitrogens with zero attached hydrogens (tertiary/aromatic N) is 1. The highest BCUT2D eigenvalue weighted by atomic mass is 15.2. The summed E-state index contributed by atoms with van der Waals surface area (Å²) >= 11 is 0. The van der Waals surface area contributed by atoms with Gasteiger partial charge in [0, 0.05) is 25.2 Å². The Bertz CT molecular complexity index is 217. The highest BCUT2D eigenvalue weighted by Crippen LogP contribution is 2.30. The quantitative estimate of drug-likeness (QED) is 0.720. The van der Waals surface area contributed by atoms with Crippen molar-refractivity contribution in [2.45, 2.75) is 84.7 Å². The number of hydrogen-bond acceptors (Lipinski definition) is 2. The van der Waals surface area contributed by atoms with Gasteiger partial charge in [0.1, 0.15) is 0 Å². The van der Waals surface area contributed by atoms with Crippen molar-refractivity contribution in [2.75, 3.05) is 13.1 Å². The van der Waals surface area contributed by atoms with Gasteiger partial charge < -0.3 is 5.73 Å². The monoisotopic (exact) mass is 268 g/mol. The maximum atomic E-state index is 6.19. The third-order valence-electron chi connectivity index (χ3n) is 4.85. The molecule has 0 saturated heterocycles. The maximum absolute atomic E-state index is 6.19. The summed E-state index contributed by atoms with van der Waals surface area (Å²) < 4.78 is 0. The molecule has 0 heterocycles. The molecule has 1 fully saturated rings. The molecule has 2 heteroatoms. The van der Waals surface area contributed by atoms with Crippen LogP contribution in [-0.4, -0.2) is 30.1 Å². The Balaban J connectivity index is 2.77. The first kappa shape index (κ1) is 17.0. The van der Waals surface area contributed by atoms with E-state index in [2.05, 4.69) is 32.6 Å². The van der Waals surface area contributed by atoms with Gasteiger partial charge in [-0.3, -0.25) is 4.90 Å². The van der Waals surface area contributed by atoms with E-state index in [1.54, 1.807) is 0 Å². The molecule has 0 bridgehead atoms. The zero-order valence-corrected chi connectivity index (χ0v) is 13.7. The molecule has 2 N–H and O–H groups in total. The van der Waals surface area contributed by atoms with Gasteiger partial charge in [-0.25, -0.2) is 0 Å². The van der Waals surface area contributed by atoms with Crippen molar-refractivity contribution in [3.05, 3.63) is 0 Å². The Kier molecular flexibility index (Phi) is 8.01. The summed E-state index contributed by atoms with van der Waals surface area (Å²) in [5.41, 5.74) is 6.19. The molecular weight excluding hydrogens is 232 g/mol. The van der Waals surface area contributed by atoms with Gasteiger partial charge in [0.05, 0.1) is 0 Å². The van der Waals surface area contributed by atoms with Gasteiger partial charge in [-0.15, -0.1) is 0 Å². The van der Waals surface area contributed by atoms with Crippen molar-refractivity contribution in [3.8, 4) is 0 Å². The lowest BCUT2D eigenvalue weighted by atomic mass is 9.82. The van der Waals surface area contributed by atoms with E-state index in [1.807, 2.05) is 0 Å². The average molecular weight is 268 g/mol. The molecule has 1 saturated carbocycles. The molecule has 19 heavy (non-hydrogen) atoms. The van der Waals surface area contributed by atoms with Crippen molar-refractivity contribution < 1.29 is 0 Å². The molecule has 0 aromatic heterocycles. The molecular formula is C17H36N2. The second-order valence-electron chi connectivity index (χ2n) is 6.76. The second-order valence-corrected chi connectivity index (χ2v) is 6.76. The standard InChI is InChI=1S/C17H36N2/c1-5-16(6-2)19(13-14(3)4)17(12-18)15-10-8-7-9-11-15/h14-17H,5-13,18H2,1-4H3. The first-order valence-electron chi connectivity index (χ1n) is 8.59. The zero-order chi connectivity index (χ0) is 14.3. The van der Waals surface area contributed by atoms with E-state index in [1.165, 1.54) is 51.5 Å². The Morgan fingerprint density at radius 1 is 1.05 bits per heavy atom. The summed E-state index contributed by atoms with van der Waals surface area (Å²) in [7, 11) is 0. The Labute approximate surface area is 121 Å². The molecule has 0 aliphatic heterocycles. The fourth-order valence-electron chi connectivity index (χ4n) is 3.85. The summed E-state index contributed by atoms with van der Waals surface area (Å²) in [4.78, 5) is 2.76. The van der Waals surface area contributed by atoms with Gasteiger partial charge in [0.15, 0.2) is 0 Å². The SMILES string of the molecule is CCC(CC)N(CC(C)C)C(CN)C1CCCCC1. The minimum atomic E-state index is 0.618. The lowest BCUT2D eigenvalue weighted by Crippen LogP contribution is -2.52. The average Bonchev–Trinajstić information content (AvgIpc) is 2.41. The lowest BCUT2D eigenvalue weighted by Gasteiger charge is -2.43. The minimum Gasteiger partial charge on any atom is -0.329 e. The van der Waals surface area contributed by atoms with Crippen LogP contribution in [0.15, 0.2) is 0 Å². The van der Waals surface area contributed by atoms with E-state index < -0.39 is 0 Å². The van der Waals surface area contributed by atoms with Crippen LogP contribution in [0.4, 0.5) is 0 Å². The molecule has 1 aliphatic rings. The molecule has 114 valence electrons. The highest BCUT2D eigenvalue weighted by Gasteiger charge is 2.31. The van der Waals surface area contributed by atoms with Crippen LogP contribution in [0.5, 0.6) is 0 Å². The van der Waals surface area contributed by atoms with Crippen LogP contribution < -0.4 is 5.73 Å². The number of nitrogens with two attached hydrogens (primary N) is 1. The van der Waals surface area contributed by atoms with Gasteiger partial charge in [-0.1, -0.05) is 47.0 Å². The minimum absolute atomic E-state index is 0.618. The molecule has 1 rings (SSSR count). The van der Waals surface area contributed by atoms with Crippen LogP contribution >= 0.6 is 0 Å². The largest absolute Gasteiger partial charge is 0.329 e. The Morgan fingerprint density at radius 3 is 2.05 bits per heavy atom. The van der Waals surface area contributed by atoms with Crippen LogP contribution in [0.25, 0.3) is 0 Å². The van der Waals surface area contributed by atoms with Gasteiger partial charge in [0.2, 0.25) is 0 Å². The second kappa shape index (κ2) is 8.97. The third-order valence-corrected chi connectivity index (χ3v) is 4.85. The molecule has 1 atom stereocenters. The van der Waals surface area contributed by atoms with Crippen LogP contribution in [0.1, 0.15) is 72.6 Å². The van der Waals surface area contributed by atoms with Crippen molar-refractivity contribution in [3.63, 3.8) is 0 Å². The number of rotatable bonds is 8. The van der Waals surface area contributed by atoms with Crippen LogP contribution in [-0.2, 0) is 0 Å². The van der Waals surface area contributed by atoms with E-state index in [4.69, 9.17) is 5.73 Å². The van der Waals surface area contributed by atoms with Gasteiger partial charge in [-0.05, 0) is 37.5 Å². The van der Waals surface area contributed by atoms with E-state index >= 15 is 0 Å². The topological polar surface area (TPSA) is 29.3 Å². The summed E-state index contributed by atoms with van der Waals surface area (Å²) in [5.74, 6) is 1.58. The van der Waals surface area contributed by atoms with Gasteiger partial charge >= 0.3 is 0 Å². The van der Waals surface area contributed by atoms with E-state index in [9.17, 15) is 0 Å². The van der Waals surface area contributed by atoms with Crippen molar-refractivity contribution >= 4 is 0 Å². The zero-order valence-electron chi connectivity index (χ0n) is 13.7. The van der Waals surface area contributed by atoms with Gasteiger partial charge in [0.25, 0.3) is 0 Å². The van der Waals surface area contributed by atoms with Crippen molar-refractivity contribution in [2.24, 2.45) is 17.6 Å². The third kappa shape index (κ3) is 5.07. The van der Waals surface area contributed by atoms with E-state index in [-0.39, 0.29) is 0 Å². The van der Waals surface area contributed by atoms with Crippen molar-refractivity contribution in [1.82, 2.24) is 4.90 Å². The van der Waals surface area contributed by atoms with Gasteiger partial charge in [-0.2, -0.15) is 0 Å². The molecule has 2 nitrogen and oxygen atoms in total. The lowest BCUT2D eigenvalue weighted by molar-refractivity contribution is 0.0630. The Morgan fingerprint density at radius 2 is 1.63 bits per heavy atom. The fraction of sp³-hybridized carbons (Fsp3) is 1.00. The molecule has 1 aliphatic carbocycles. The van der Waals surface area contributed by atoms with Crippen LogP contribution in [0.3, 0.4) is 0 Å². The van der Waals surface area contributed by atoms with E-state index in [0.717, 1.165) is 24.4 Å². The normalized spacial score (nSPS) is 19.6. The molecule has 0 spiro atoms. The molecule has 0 aromatic rings. The predicted molar refractivity (Wildman–Crippen MR) is 85.3 cm³/mol. The Hall–Kier alpha value is -0.0800. The fourth-order valence-corrected chi connectivity index (χ4v) is 3.85. The molecule has 1 unspecified atom stereocenters. The maximum Gasteiger partial charge on any atom is 0.0249 e. The van der Waals surface area contributed by atoms with E-state index in [0.29, 0.717) is 6.04 Å². The van der Waals surface area contributed by atoms with Crippen molar-refractivity contribution in [1.29, 1.82) is 0 Å². The molecule has 0 amide bonds. The summed E-state index contributed by atoms with van der Waals surface area (Å²) in [6.45, 7) is 11.4. The first-order valence-corrected chi connectivity index (χ1v) is 8.59. The number of hydrogen-bond donors (Lipinski definition) is 1. The summed E-state index contributed by atoms with van der Waals surface area (Å²) in [6, 6.07) is 1.34. The summed E-state index contributed by atoms with van der Waals surface area (Å²) in [6.07, 6.45) is 9.58. The van der Waals surface area contributed by atoms with Crippen LogP contribution in [0.2, 0.25) is 0 Å². The highest BCUT2D eigenvalue weighted by molar-refractivity contribution is 4.86. The van der Waals surface area contributed by atoms with Crippen LogP contribution in [0, 0.1) is 11.8 Å². The molecule has 0 aromatic carbocycles. The molecule has 0 radical (unpaired) electrons. The first-order chi connectivity index (χ1) is 9.13. The smallest absolute Gasteiger partial charge is 0.0249 e. The predicted octanol–water partition coefficient (Wildman–Crippen LogP) is 4.04. The summed E-state index contributed by atoms with van der Waals surface area (Å²) in [5, 5.41) is 0.